The number of rotatable bonds is 21. The van der Waals surface area contributed by atoms with Crippen molar-refractivity contribution >= 4 is 59.5 Å². The second-order valence-corrected chi connectivity index (χ2v) is 17.4. The Hall–Kier alpha value is -5.58. The third-order valence-corrected chi connectivity index (χ3v) is 7.27. The smallest absolute Gasteiger partial charge is 0.302 e. The SMILES string of the molecule is CC(=O)N(C)C.CC(=O)N(C)C.CC(=O)N(C)C.COCC(C)OC(C)=O.COCC(C)OC(C)=O.COCC(C)OC(C)=O.COCC(C)OC(C)=O.COCC(C)OC(C)=O.COCC(C)OC(C)=O.COCC(C)OC(C)=O. The summed E-state index contributed by atoms with van der Waals surface area (Å²) >= 11 is 0. The van der Waals surface area contributed by atoms with Gasteiger partial charge >= 0.3 is 41.8 Å². The quantitative estimate of drug-likeness (QED) is 0.114. The van der Waals surface area contributed by atoms with E-state index in [0.717, 1.165) is 0 Å². The number of carbonyl (C=O) groups excluding carboxylic acids is 10. The summed E-state index contributed by atoms with van der Waals surface area (Å²) in [6, 6.07) is 0. The Balaban J connectivity index is -0.0000000868. The topological polar surface area (TPSA) is 310 Å². The summed E-state index contributed by atoms with van der Waals surface area (Å²) in [6.45, 7) is 29.9. The molecule has 0 aliphatic rings. The van der Waals surface area contributed by atoms with Crippen LogP contribution in [0.15, 0.2) is 0 Å². The van der Waals surface area contributed by atoms with Gasteiger partial charge in [0.05, 0.1) is 46.2 Å². The van der Waals surface area contributed by atoms with Gasteiger partial charge in [0.15, 0.2) is 0 Å². The van der Waals surface area contributed by atoms with Crippen molar-refractivity contribution in [2.24, 2.45) is 0 Å². The van der Waals surface area contributed by atoms with Gasteiger partial charge in [-0.3, -0.25) is 47.9 Å². The van der Waals surface area contributed by atoms with E-state index in [1.165, 1.54) is 83.9 Å². The molecule has 0 rings (SSSR count). The summed E-state index contributed by atoms with van der Waals surface area (Å²) in [4.78, 5) is 107. The number of amides is 3. The molecule has 0 heterocycles. The van der Waals surface area contributed by atoms with Gasteiger partial charge in [0.2, 0.25) is 17.7 Å². The number of methoxy groups -OCH3 is 7. The van der Waals surface area contributed by atoms with E-state index in [4.69, 9.17) is 66.3 Å². The fourth-order valence-electron chi connectivity index (χ4n) is 3.86. The van der Waals surface area contributed by atoms with Crippen molar-refractivity contribution in [3.8, 4) is 0 Å². The van der Waals surface area contributed by atoms with E-state index < -0.39 is 0 Å². The lowest BCUT2D eigenvalue weighted by molar-refractivity contribution is -0.148. The number of carbonyl (C=O) groups is 10. The van der Waals surface area contributed by atoms with Gasteiger partial charge in [0, 0.05) is 161 Å². The van der Waals surface area contributed by atoms with Crippen LogP contribution in [0.3, 0.4) is 0 Å². The highest BCUT2D eigenvalue weighted by molar-refractivity contribution is 5.73. The van der Waals surface area contributed by atoms with E-state index in [1.54, 1.807) is 141 Å². The van der Waals surface area contributed by atoms with Gasteiger partial charge in [-0.2, -0.15) is 0 Å². The summed E-state index contributed by atoms with van der Waals surface area (Å²) in [5.41, 5.74) is 0. The molecule has 27 nitrogen and oxygen atoms in total. The van der Waals surface area contributed by atoms with E-state index in [-0.39, 0.29) is 102 Å². The predicted octanol–water partition coefficient (Wildman–Crippen LogP) is 4.37. The zero-order valence-corrected chi connectivity index (χ0v) is 55.1. The van der Waals surface area contributed by atoms with Crippen LogP contribution in [-0.4, -0.2) is 255 Å². The Kier molecular flexibility index (Phi) is 85.0. The minimum absolute atomic E-state index is 0.0926. The van der Waals surface area contributed by atoms with Gasteiger partial charge < -0.3 is 81.0 Å². The zero-order valence-electron chi connectivity index (χ0n) is 55.1. The Morgan fingerprint density at radius 1 is 0.235 bits per heavy atom. The molecule has 7 unspecified atom stereocenters. The van der Waals surface area contributed by atoms with Gasteiger partial charge in [-0.05, 0) is 48.5 Å². The standard InChI is InChI=1S/7C6H12O3.3C4H9NO/c7*1-5(4-8-3)9-6(2)7;3*1-4(6)5(2)3/h7*5H,4H2,1-3H3;3*1-3H3. The lowest BCUT2D eigenvalue weighted by Crippen LogP contribution is -2.17. The molecule has 3 amide bonds. The van der Waals surface area contributed by atoms with Crippen LogP contribution in [0.1, 0.15) is 118 Å². The van der Waals surface area contributed by atoms with Crippen molar-refractivity contribution in [1.29, 1.82) is 0 Å². The van der Waals surface area contributed by atoms with Gasteiger partial charge in [0.25, 0.3) is 0 Å². The highest BCUT2D eigenvalue weighted by Gasteiger charge is 2.07. The first-order valence-electron chi connectivity index (χ1n) is 25.3. The molecule has 0 spiro atoms. The maximum atomic E-state index is 10.3. The van der Waals surface area contributed by atoms with Crippen LogP contribution in [-0.2, 0) is 114 Å². The molecule has 0 aromatic rings. The Morgan fingerprint density at radius 3 is 0.346 bits per heavy atom. The summed E-state index contributed by atoms with van der Waals surface area (Å²) in [5.74, 6) is -1.57. The van der Waals surface area contributed by atoms with Crippen LogP contribution in [0.5, 0.6) is 0 Å². The second kappa shape index (κ2) is 70.5. The maximum absolute atomic E-state index is 10.3. The molecule has 81 heavy (non-hydrogen) atoms. The molecule has 0 aliphatic heterocycles. The third-order valence-electron chi connectivity index (χ3n) is 7.27. The molecule has 0 aromatic heterocycles. The maximum Gasteiger partial charge on any atom is 0.302 e. The first kappa shape index (κ1) is 97.6. The van der Waals surface area contributed by atoms with Gasteiger partial charge in [-0.25, -0.2) is 0 Å². The number of ether oxygens (including phenoxy) is 14. The highest BCUT2D eigenvalue weighted by Crippen LogP contribution is 1.94. The van der Waals surface area contributed by atoms with Crippen LogP contribution >= 0.6 is 0 Å². The van der Waals surface area contributed by atoms with Gasteiger partial charge in [-0.15, -0.1) is 0 Å². The largest absolute Gasteiger partial charge is 0.460 e. The Bertz CT molecular complexity index is 1270. The van der Waals surface area contributed by atoms with Crippen LogP contribution in [0.2, 0.25) is 0 Å². The predicted molar refractivity (Wildman–Crippen MR) is 305 cm³/mol. The van der Waals surface area contributed by atoms with E-state index >= 15 is 0 Å². The molecule has 0 aromatic carbocycles. The number of esters is 7. The van der Waals surface area contributed by atoms with E-state index in [2.05, 4.69) is 0 Å². The van der Waals surface area contributed by atoms with Gasteiger partial charge in [-0.1, -0.05) is 0 Å². The zero-order chi connectivity index (χ0) is 66.4. The van der Waals surface area contributed by atoms with Crippen LogP contribution < -0.4 is 0 Å². The van der Waals surface area contributed by atoms with Crippen molar-refractivity contribution in [1.82, 2.24) is 14.7 Å². The minimum atomic E-state index is -0.264. The average molecular weight is 1190 g/mol. The van der Waals surface area contributed by atoms with Crippen molar-refractivity contribution in [3.05, 3.63) is 0 Å². The molecule has 0 bridgehead atoms. The van der Waals surface area contributed by atoms with E-state index in [9.17, 15) is 47.9 Å². The lowest BCUT2D eigenvalue weighted by Gasteiger charge is -2.08. The molecule has 0 saturated carbocycles. The van der Waals surface area contributed by atoms with Crippen molar-refractivity contribution in [2.75, 3.05) is 138 Å². The van der Waals surface area contributed by atoms with E-state index in [1.807, 2.05) is 0 Å². The number of hydrogen-bond donors (Lipinski definition) is 0. The molecule has 0 saturated heterocycles. The molecular formula is C54H111N3O24. The molecule has 0 aliphatic carbocycles. The second-order valence-electron chi connectivity index (χ2n) is 17.4. The van der Waals surface area contributed by atoms with Crippen molar-refractivity contribution in [2.45, 2.75) is 160 Å². The highest BCUT2D eigenvalue weighted by atomic mass is 16.6. The lowest BCUT2D eigenvalue weighted by atomic mass is 10.4. The fraction of sp³-hybridized carbons (Fsp3) is 0.815. The van der Waals surface area contributed by atoms with Crippen LogP contribution in [0, 0.1) is 0 Å². The molecule has 0 fully saturated rings. The monoisotopic (exact) mass is 1190 g/mol. The molecular weight excluding hydrogens is 1070 g/mol. The fourth-order valence-corrected chi connectivity index (χ4v) is 3.86. The third kappa shape index (κ3) is 127. The molecule has 0 N–H and O–H groups in total. The Labute approximate surface area is 486 Å². The summed E-state index contributed by atoms with van der Waals surface area (Å²) in [6.07, 6.45) is -0.924. The first-order chi connectivity index (χ1) is 37.1. The number of nitrogens with zero attached hydrogens (tertiary/aromatic N) is 3. The van der Waals surface area contributed by atoms with Gasteiger partial charge in [0.1, 0.15) is 42.7 Å². The molecule has 7 atom stereocenters. The van der Waals surface area contributed by atoms with Crippen molar-refractivity contribution in [3.63, 3.8) is 0 Å². The summed E-state index contributed by atoms with van der Waals surface area (Å²) < 4.78 is 66.2. The minimum Gasteiger partial charge on any atom is -0.460 e. The van der Waals surface area contributed by atoms with Crippen LogP contribution in [0.25, 0.3) is 0 Å². The molecule has 27 heteroatoms. The average Bonchev–Trinajstić information content (AvgIpc) is 3.27. The molecule has 486 valence electrons. The van der Waals surface area contributed by atoms with E-state index in [0.29, 0.717) is 46.2 Å². The Morgan fingerprint density at radius 2 is 0.309 bits per heavy atom. The number of hydrogen-bond acceptors (Lipinski definition) is 24. The van der Waals surface area contributed by atoms with Crippen LogP contribution in [0.4, 0.5) is 0 Å². The summed E-state index contributed by atoms with van der Waals surface area (Å²) in [7, 11) is 21.3. The molecule has 0 radical (unpaired) electrons. The normalized spacial score (nSPS) is 11.7. The van der Waals surface area contributed by atoms with Crippen molar-refractivity contribution < 1.29 is 114 Å². The first-order valence-corrected chi connectivity index (χ1v) is 25.3. The summed E-state index contributed by atoms with van der Waals surface area (Å²) in [5, 5.41) is 0.